The van der Waals surface area contributed by atoms with Crippen molar-refractivity contribution in [3.63, 3.8) is 0 Å². The zero-order chi connectivity index (χ0) is 15.4. The molecule has 1 aliphatic carbocycles. The number of rotatable bonds is 4. The van der Waals surface area contributed by atoms with Gasteiger partial charge in [0.15, 0.2) is 0 Å². The molecular weight excluding hydrogens is 278 g/mol. The van der Waals surface area contributed by atoms with Crippen molar-refractivity contribution >= 4 is 28.8 Å². The molecule has 21 heavy (non-hydrogen) atoms. The van der Waals surface area contributed by atoms with Gasteiger partial charge in [-0.05, 0) is 36.6 Å². The molecule has 0 heterocycles. The molecular formula is C17H23N3S. The van der Waals surface area contributed by atoms with Gasteiger partial charge in [-0.1, -0.05) is 6.08 Å². The van der Waals surface area contributed by atoms with E-state index in [0.717, 1.165) is 17.8 Å². The second-order valence-electron chi connectivity index (χ2n) is 5.41. The molecule has 0 saturated heterocycles. The Balaban J connectivity index is 2.24. The molecule has 0 amide bonds. The maximum atomic E-state index is 4.81. The Bertz CT molecular complexity index is 598. The van der Waals surface area contributed by atoms with Crippen LogP contribution in [0.15, 0.2) is 52.0 Å². The van der Waals surface area contributed by atoms with Crippen molar-refractivity contribution in [1.29, 1.82) is 0 Å². The zero-order valence-corrected chi connectivity index (χ0v) is 14.2. The average molecular weight is 301 g/mol. The predicted octanol–water partition coefficient (Wildman–Crippen LogP) is 3.95. The Morgan fingerprint density at radius 2 is 1.81 bits per heavy atom. The van der Waals surface area contributed by atoms with Crippen molar-refractivity contribution < 1.29 is 0 Å². The maximum Gasteiger partial charge on any atom is 0.0770 e. The third-order valence-electron chi connectivity index (χ3n) is 3.43. The number of likely N-dealkylation sites (N-methyl/N-ethyl adjacent to an activating group) is 1. The fraction of sp³-hybridized carbons (Fsp3) is 0.353. The lowest BCUT2D eigenvalue weighted by Gasteiger charge is -2.17. The molecule has 1 aromatic rings. The number of anilines is 1. The Labute approximate surface area is 132 Å². The number of hydrogen-bond donors (Lipinski definition) is 0. The summed E-state index contributed by atoms with van der Waals surface area (Å²) in [5.41, 5.74) is 4.60. The minimum atomic E-state index is 0.882. The summed E-state index contributed by atoms with van der Waals surface area (Å²) in [6, 6.07) is 6.41. The van der Waals surface area contributed by atoms with E-state index in [2.05, 4.69) is 80.7 Å². The van der Waals surface area contributed by atoms with Crippen LogP contribution in [-0.2, 0) is 0 Å². The first-order chi connectivity index (χ1) is 10.0. The second-order valence-corrected chi connectivity index (χ2v) is 6.26. The van der Waals surface area contributed by atoms with E-state index >= 15 is 0 Å². The van der Waals surface area contributed by atoms with Crippen LogP contribution in [0.5, 0.6) is 0 Å². The molecule has 1 aliphatic rings. The molecule has 0 fully saturated rings. The molecule has 0 unspecified atom stereocenters. The molecule has 0 aliphatic heterocycles. The lowest BCUT2D eigenvalue weighted by Crippen LogP contribution is -2.12. The molecule has 112 valence electrons. The Hall–Kier alpha value is -1.68. The first-order valence-electron chi connectivity index (χ1n) is 6.99. The van der Waals surface area contributed by atoms with E-state index < -0.39 is 0 Å². The summed E-state index contributed by atoms with van der Waals surface area (Å²) < 4.78 is 0. The number of allylic oxidation sites excluding steroid dienone is 3. The molecule has 0 radical (unpaired) electrons. The fourth-order valence-corrected chi connectivity index (χ4v) is 2.69. The fourth-order valence-electron chi connectivity index (χ4n) is 2.13. The first kappa shape index (κ1) is 15.7. The molecule has 4 heteroatoms. The van der Waals surface area contributed by atoms with Gasteiger partial charge < -0.3 is 9.80 Å². The highest BCUT2D eigenvalue weighted by atomic mass is 32.2. The molecule has 1 aromatic carbocycles. The molecule has 0 N–H and O–H groups in total. The highest BCUT2D eigenvalue weighted by Crippen LogP contribution is 2.32. The van der Waals surface area contributed by atoms with Crippen molar-refractivity contribution in [3.8, 4) is 0 Å². The predicted molar refractivity (Wildman–Crippen MR) is 95.2 cm³/mol. The normalized spacial score (nSPS) is 16.0. The molecule has 0 saturated carbocycles. The number of aliphatic imine (C=N–C) groups is 1. The van der Waals surface area contributed by atoms with Crippen molar-refractivity contribution in [3.05, 3.63) is 42.1 Å². The standard InChI is InChI=1S/C17H23N3S/c1-19(2)14-8-6-13(7-9-14)18-16-11-10-15(20(3)4)12-17(16)21-5/h6,8-12H,7H2,1-5H3. The first-order valence-corrected chi connectivity index (χ1v) is 8.22. The van der Waals surface area contributed by atoms with E-state index in [1.54, 1.807) is 11.8 Å². The lowest BCUT2D eigenvalue weighted by molar-refractivity contribution is 0.527. The van der Waals surface area contributed by atoms with Gasteiger partial charge in [-0.2, -0.15) is 0 Å². The van der Waals surface area contributed by atoms with Crippen LogP contribution in [0, 0.1) is 0 Å². The van der Waals surface area contributed by atoms with E-state index in [1.807, 2.05) is 0 Å². The van der Waals surface area contributed by atoms with Crippen molar-refractivity contribution in [2.24, 2.45) is 4.99 Å². The third-order valence-corrected chi connectivity index (χ3v) is 4.19. The highest BCUT2D eigenvalue weighted by molar-refractivity contribution is 7.98. The van der Waals surface area contributed by atoms with Crippen LogP contribution < -0.4 is 4.90 Å². The molecule has 0 spiro atoms. The summed E-state index contributed by atoms with van der Waals surface area (Å²) in [6.45, 7) is 0. The molecule has 2 rings (SSSR count). The van der Waals surface area contributed by atoms with Crippen LogP contribution in [0.3, 0.4) is 0 Å². The minimum absolute atomic E-state index is 0.882. The SMILES string of the molecule is CSc1cc(N(C)C)ccc1N=C1C=CC(N(C)C)=CC1. The molecule has 3 nitrogen and oxygen atoms in total. The van der Waals surface area contributed by atoms with Gasteiger partial charge in [-0.25, -0.2) is 0 Å². The van der Waals surface area contributed by atoms with Gasteiger partial charge >= 0.3 is 0 Å². The second kappa shape index (κ2) is 6.85. The van der Waals surface area contributed by atoms with E-state index in [-0.39, 0.29) is 0 Å². The van der Waals surface area contributed by atoms with Crippen molar-refractivity contribution in [2.75, 3.05) is 39.3 Å². The van der Waals surface area contributed by atoms with Gasteiger partial charge in [-0.3, -0.25) is 4.99 Å². The molecule has 0 bridgehead atoms. The molecule has 0 atom stereocenters. The average Bonchev–Trinajstić information content (AvgIpc) is 2.48. The Morgan fingerprint density at radius 3 is 2.33 bits per heavy atom. The minimum Gasteiger partial charge on any atom is -0.378 e. The Kier molecular flexibility index (Phi) is 5.12. The highest BCUT2D eigenvalue weighted by Gasteiger charge is 2.07. The number of hydrogen-bond acceptors (Lipinski definition) is 4. The number of nitrogens with zero attached hydrogens (tertiary/aromatic N) is 3. The van der Waals surface area contributed by atoms with Gasteiger partial charge in [0.2, 0.25) is 0 Å². The lowest BCUT2D eigenvalue weighted by atomic mass is 10.1. The van der Waals surface area contributed by atoms with Gasteiger partial charge in [0, 0.05) is 56.6 Å². The molecule has 0 aromatic heterocycles. The van der Waals surface area contributed by atoms with Crippen LogP contribution in [0.25, 0.3) is 0 Å². The van der Waals surface area contributed by atoms with Gasteiger partial charge in [0.05, 0.1) is 5.69 Å². The summed E-state index contributed by atoms with van der Waals surface area (Å²) in [5, 5.41) is 0. The van der Waals surface area contributed by atoms with E-state index in [1.165, 1.54) is 16.3 Å². The number of thioether (sulfide) groups is 1. The third kappa shape index (κ3) is 3.91. The summed E-state index contributed by atoms with van der Waals surface area (Å²) in [4.78, 5) is 10.3. The quantitative estimate of drug-likeness (QED) is 0.785. The van der Waals surface area contributed by atoms with Crippen LogP contribution in [0.2, 0.25) is 0 Å². The topological polar surface area (TPSA) is 18.8 Å². The van der Waals surface area contributed by atoms with Crippen LogP contribution in [0.1, 0.15) is 6.42 Å². The monoisotopic (exact) mass is 301 g/mol. The van der Waals surface area contributed by atoms with Crippen LogP contribution in [0.4, 0.5) is 11.4 Å². The van der Waals surface area contributed by atoms with E-state index in [4.69, 9.17) is 4.99 Å². The summed E-state index contributed by atoms with van der Waals surface area (Å²) >= 11 is 1.74. The van der Waals surface area contributed by atoms with Gasteiger partial charge in [0.25, 0.3) is 0 Å². The van der Waals surface area contributed by atoms with E-state index in [0.29, 0.717) is 0 Å². The summed E-state index contributed by atoms with van der Waals surface area (Å²) in [7, 11) is 8.24. The maximum absolute atomic E-state index is 4.81. The largest absolute Gasteiger partial charge is 0.378 e. The van der Waals surface area contributed by atoms with Crippen molar-refractivity contribution in [2.45, 2.75) is 11.3 Å². The van der Waals surface area contributed by atoms with Gasteiger partial charge in [-0.15, -0.1) is 11.8 Å². The van der Waals surface area contributed by atoms with Crippen LogP contribution >= 0.6 is 11.8 Å². The zero-order valence-electron chi connectivity index (χ0n) is 13.4. The number of benzene rings is 1. The summed E-state index contributed by atoms with van der Waals surface area (Å²) in [6.07, 6.45) is 9.42. The smallest absolute Gasteiger partial charge is 0.0770 e. The summed E-state index contributed by atoms with van der Waals surface area (Å²) in [5.74, 6) is 0. The van der Waals surface area contributed by atoms with Gasteiger partial charge in [0.1, 0.15) is 0 Å². The van der Waals surface area contributed by atoms with Crippen molar-refractivity contribution in [1.82, 2.24) is 4.90 Å². The Morgan fingerprint density at radius 1 is 1.05 bits per heavy atom. The van der Waals surface area contributed by atoms with E-state index in [9.17, 15) is 0 Å². The van der Waals surface area contributed by atoms with Crippen LogP contribution in [-0.4, -0.2) is 45.1 Å².